The van der Waals surface area contributed by atoms with E-state index in [2.05, 4.69) is 22.2 Å². The first-order chi connectivity index (χ1) is 11.0. The Labute approximate surface area is 141 Å². The molecule has 0 spiro atoms. The Morgan fingerprint density at radius 3 is 2.65 bits per heavy atom. The zero-order valence-corrected chi connectivity index (χ0v) is 14.4. The summed E-state index contributed by atoms with van der Waals surface area (Å²) in [5, 5.41) is 3.41. The number of carbonyl (C=O) groups excluding carboxylic acids is 1. The molecule has 2 rings (SSSR count). The maximum absolute atomic E-state index is 12.3. The summed E-state index contributed by atoms with van der Waals surface area (Å²) in [5.74, 6) is 0.368. The summed E-state index contributed by atoms with van der Waals surface area (Å²) in [6.07, 6.45) is 5.28. The molecule has 0 aliphatic heterocycles. The molecular formula is C17H21ClN4O. The minimum absolute atomic E-state index is 0.252. The fourth-order valence-corrected chi connectivity index (χ4v) is 2.23. The Hall–Kier alpha value is -2.14. The van der Waals surface area contributed by atoms with Gasteiger partial charge in [-0.3, -0.25) is 4.79 Å². The molecule has 0 aliphatic carbocycles. The monoisotopic (exact) mass is 332 g/mol. The van der Waals surface area contributed by atoms with E-state index < -0.39 is 0 Å². The molecule has 0 radical (unpaired) electrons. The lowest BCUT2D eigenvalue weighted by Crippen LogP contribution is -2.21. The van der Waals surface area contributed by atoms with Crippen molar-refractivity contribution in [1.29, 1.82) is 0 Å². The molecule has 0 fully saturated rings. The first kappa shape index (κ1) is 17.2. The normalized spacial score (nSPS) is 10.4. The van der Waals surface area contributed by atoms with E-state index in [1.54, 1.807) is 24.5 Å². The van der Waals surface area contributed by atoms with Crippen molar-refractivity contribution in [2.45, 2.75) is 26.7 Å². The number of aromatic nitrogens is 2. The average molecular weight is 333 g/mol. The Bertz CT molecular complexity index is 673. The highest BCUT2D eigenvalue weighted by Crippen LogP contribution is 2.20. The number of hydrogen-bond donors (Lipinski definition) is 1. The quantitative estimate of drug-likeness (QED) is 0.870. The molecule has 2 aromatic rings. The molecule has 0 saturated heterocycles. The van der Waals surface area contributed by atoms with Gasteiger partial charge in [-0.2, -0.15) is 0 Å². The number of benzene rings is 1. The number of halogens is 1. The van der Waals surface area contributed by atoms with E-state index in [1.807, 2.05) is 24.9 Å². The number of hydrogen-bond acceptors (Lipinski definition) is 4. The summed E-state index contributed by atoms with van der Waals surface area (Å²) < 4.78 is 0. The van der Waals surface area contributed by atoms with Gasteiger partial charge in [-0.15, -0.1) is 0 Å². The molecule has 5 nitrogen and oxygen atoms in total. The highest BCUT2D eigenvalue weighted by atomic mass is 35.5. The van der Waals surface area contributed by atoms with Crippen LogP contribution in [0.15, 0.2) is 30.6 Å². The molecule has 1 heterocycles. The zero-order valence-electron chi connectivity index (χ0n) is 13.6. The maximum Gasteiger partial charge on any atom is 0.258 e. The van der Waals surface area contributed by atoms with Crippen molar-refractivity contribution < 1.29 is 4.79 Å². The van der Waals surface area contributed by atoms with Crippen LogP contribution in [0.3, 0.4) is 0 Å². The SMILES string of the molecule is CCCCN(C)c1ncc(C(=O)Nc2cc(Cl)ccc2C)cn1. The van der Waals surface area contributed by atoms with Gasteiger partial charge in [-0.25, -0.2) is 9.97 Å². The van der Waals surface area contributed by atoms with Crippen LogP contribution in [0.2, 0.25) is 5.02 Å². The summed E-state index contributed by atoms with van der Waals surface area (Å²) in [6.45, 7) is 4.94. The third-order valence-corrected chi connectivity index (χ3v) is 3.77. The van der Waals surface area contributed by atoms with Crippen molar-refractivity contribution in [1.82, 2.24) is 9.97 Å². The Kier molecular flexibility index (Phi) is 5.93. The summed E-state index contributed by atoms with van der Waals surface area (Å²) in [7, 11) is 1.94. The lowest BCUT2D eigenvalue weighted by molar-refractivity contribution is 0.102. The van der Waals surface area contributed by atoms with Gasteiger partial charge in [0.2, 0.25) is 5.95 Å². The van der Waals surface area contributed by atoms with E-state index in [0.717, 1.165) is 24.9 Å². The van der Waals surface area contributed by atoms with Gasteiger partial charge >= 0.3 is 0 Å². The van der Waals surface area contributed by atoms with E-state index in [4.69, 9.17) is 11.6 Å². The fourth-order valence-electron chi connectivity index (χ4n) is 2.05. The Morgan fingerprint density at radius 1 is 1.30 bits per heavy atom. The predicted octanol–water partition coefficient (Wildman–Crippen LogP) is 3.93. The minimum atomic E-state index is -0.252. The Morgan fingerprint density at radius 2 is 2.00 bits per heavy atom. The van der Waals surface area contributed by atoms with Crippen molar-refractivity contribution in [3.63, 3.8) is 0 Å². The zero-order chi connectivity index (χ0) is 16.8. The van der Waals surface area contributed by atoms with Gasteiger partial charge in [0, 0.05) is 36.7 Å². The van der Waals surface area contributed by atoms with Crippen molar-refractivity contribution in [2.24, 2.45) is 0 Å². The first-order valence-corrected chi connectivity index (χ1v) is 7.99. The lowest BCUT2D eigenvalue weighted by Gasteiger charge is -2.16. The van der Waals surface area contributed by atoms with Gasteiger partial charge in [0.25, 0.3) is 5.91 Å². The van der Waals surface area contributed by atoms with Crippen LogP contribution in [0.25, 0.3) is 0 Å². The molecule has 122 valence electrons. The molecule has 6 heteroatoms. The number of nitrogens with one attached hydrogen (secondary N) is 1. The number of aryl methyl sites for hydroxylation is 1. The predicted molar refractivity (Wildman–Crippen MR) is 94.4 cm³/mol. The van der Waals surface area contributed by atoms with Crippen LogP contribution in [0.1, 0.15) is 35.7 Å². The van der Waals surface area contributed by atoms with Crippen LogP contribution >= 0.6 is 11.6 Å². The van der Waals surface area contributed by atoms with Crippen molar-refractivity contribution >= 4 is 29.1 Å². The van der Waals surface area contributed by atoms with E-state index in [0.29, 0.717) is 22.2 Å². The highest BCUT2D eigenvalue weighted by Gasteiger charge is 2.11. The van der Waals surface area contributed by atoms with Gasteiger partial charge in [0.1, 0.15) is 0 Å². The summed E-state index contributed by atoms with van der Waals surface area (Å²) in [5.41, 5.74) is 2.04. The van der Waals surface area contributed by atoms with Gasteiger partial charge in [-0.1, -0.05) is 31.0 Å². The number of carbonyl (C=O) groups is 1. The van der Waals surface area contributed by atoms with Crippen molar-refractivity contribution in [2.75, 3.05) is 23.8 Å². The molecule has 1 amide bonds. The topological polar surface area (TPSA) is 58.1 Å². The number of nitrogens with zero attached hydrogens (tertiary/aromatic N) is 3. The maximum atomic E-state index is 12.3. The van der Waals surface area contributed by atoms with Crippen molar-refractivity contribution in [3.8, 4) is 0 Å². The molecule has 23 heavy (non-hydrogen) atoms. The van der Waals surface area contributed by atoms with Gasteiger partial charge in [0.15, 0.2) is 0 Å². The molecule has 0 aliphatic rings. The molecule has 1 N–H and O–H groups in total. The van der Waals surface area contributed by atoms with Crippen LogP contribution in [0.4, 0.5) is 11.6 Å². The minimum Gasteiger partial charge on any atom is -0.344 e. The highest BCUT2D eigenvalue weighted by molar-refractivity contribution is 6.31. The second kappa shape index (κ2) is 7.92. The van der Waals surface area contributed by atoms with Crippen LogP contribution in [0.5, 0.6) is 0 Å². The van der Waals surface area contributed by atoms with Gasteiger partial charge < -0.3 is 10.2 Å². The van der Waals surface area contributed by atoms with Crippen LogP contribution in [0, 0.1) is 6.92 Å². The Balaban J connectivity index is 2.07. The molecular weight excluding hydrogens is 312 g/mol. The van der Waals surface area contributed by atoms with Gasteiger partial charge in [-0.05, 0) is 31.0 Å². The third kappa shape index (κ3) is 4.66. The second-order valence-corrected chi connectivity index (χ2v) is 5.90. The number of rotatable bonds is 6. The molecule has 1 aromatic carbocycles. The fraction of sp³-hybridized carbons (Fsp3) is 0.353. The van der Waals surface area contributed by atoms with Crippen LogP contribution < -0.4 is 10.2 Å². The summed E-state index contributed by atoms with van der Waals surface area (Å²) >= 11 is 5.96. The van der Waals surface area contributed by atoms with Crippen molar-refractivity contribution in [3.05, 3.63) is 46.7 Å². The second-order valence-electron chi connectivity index (χ2n) is 5.46. The molecule has 0 bridgehead atoms. The third-order valence-electron chi connectivity index (χ3n) is 3.54. The number of unbranched alkanes of at least 4 members (excludes halogenated alkanes) is 1. The number of amides is 1. The van der Waals surface area contributed by atoms with Crippen LogP contribution in [-0.2, 0) is 0 Å². The van der Waals surface area contributed by atoms with E-state index >= 15 is 0 Å². The first-order valence-electron chi connectivity index (χ1n) is 7.62. The van der Waals surface area contributed by atoms with E-state index in [1.165, 1.54) is 0 Å². The standard InChI is InChI=1S/C17H21ClN4O/c1-4-5-8-22(3)17-19-10-13(11-20-17)16(23)21-15-9-14(18)7-6-12(15)2/h6-7,9-11H,4-5,8H2,1-3H3,(H,21,23). The molecule has 0 atom stereocenters. The smallest absolute Gasteiger partial charge is 0.258 e. The largest absolute Gasteiger partial charge is 0.344 e. The molecule has 0 unspecified atom stereocenters. The van der Waals surface area contributed by atoms with Gasteiger partial charge in [0.05, 0.1) is 5.56 Å². The lowest BCUT2D eigenvalue weighted by atomic mass is 10.2. The molecule has 0 saturated carbocycles. The van der Waals surface area contributed by atoms with E-state index in [-0.39, 0.29) is 5.91 Å². The summed E-state index contributed by atoms with van der Waals surface area (Å²) in [6, 6.07) is 5.37. The van der Waals surface area contributed by atoms with Crippen LogP contribution in [-0.4, -0.2) is 29.5 Å². The average Bonchev–Trinajstić information content (AvgIpc) is 2.56. The number of anilines is 2. The van der Waals surface area contributed by atoms with E-state index in [9.17, 15) is 4.79 Å². The summed E-state index contributed by atoms with van der Waals surface area (Å²) in [4.78, 5) is 22.8. The molecule has 1 aromatic heterocycles.